The molecule has 0 atom stereocenters. The van der Waals surface area contributed by atoms with Crippen molar-refractivity contribution in [1.82, 2.24) is 10.3 Å². The fraction of sp³-hybridized carbons (Fsp3) is 0.231. The molecule has 2 N–H and O–H groups in total. The Morgan fingerprint density at radius 1 is 1.24 bits per heavy atom. The Bertz CT molecular complexity index is 573. The van der Waals surface area contributed by atoms with Gasteiger partial charge in [0, 0.05) is 24.1 Å². The molecule has 2 aromatic rings. The molecule has 90 valence electrons. The predicted molar refractivity (Wildman–Crippen MR) is 69.3 cm³/mol. The molecule has 0 aliphatic heterocycles. The molecule has 0 aliphatic carbocycles. The van der Waals surface area contributed by atoms with Gasteiger partial charge >= 0.3 is 0 Å². The number of carbonyl (C=O) groups excluding carboxylic acids is 1. The molecule has 1 amide bonds. The van der Waals surface area contributed by atoms with Gasteiger partial charge in [-0.05, 0) is 12.1 Å². The number of hydrogen-bond acceptors (Lipinski definition) is 2. The summed E-state index contributed by atoms with van der Waals surface area (Å²) < 4.78 is 0. The fourth-order valence-electron chi connectivity index (χ4n) is 1.47. The minimum atomic E-state index is -0.373. The molecule has 1 aromatic carbocycles. The average Bonchev–Trinajstić information content (AvgIpc) is 2.41. The number of aromatic amines is 1. The van der Waals surface area contributed by atoms with Crippen molar-refractivity contribution in [3.8, 4) is 0 Å². The molecule has 0 saturated carbocycles. The molecule has 1 heterocycles. The van der Waals surface area contributed by atoms with Gasteiger partial charge in [-0.1, -0.05) is 26.0 Å². The molecule has 2 rings (SSSR count). The third kappa shape index (κ3) is 2.53. The van der Waals surface area contributed by atoms with Crippen LogP contribution in [0.15, 0.2) is 35.3 Å². The average molecular weight is 232 g/mol. The number of aromatic nitrogens is 1. The zero-order chi connectivity index (χ0) is 12.8. The minimum Gasteiger partial charge on any atom is -0.360 e. The summed E-state index contributed by atoms with van der Waals surface area (Å²) in [5.41, 5.74) is 0.620. The Kier molecular flexibility index (Phi) is 4.46. The van der Waals surface area contributed by atoms with Crippen LogP contribution in [0.2, 0.25) is 0 Å². The van der Waals surface area contributed by atoms with Crippen LogP contribution in [0.1, 0.15) is 24.2 Å². The van der Waals surface area contributed by atoms with Crippen molar-refractivity contribution >= 4 is 16.8 Å². The van der Waals surface area contributed by atoms with Gasteiger partial charge in [-0.3, -0.25) is 9.59 Å². The van der Waals surface area contributed by atoms with E-state index in [1.54, 1.807) is 18.2 Å². The van der Waals surface area contributed by atoms with E-state index in [1.165, 1.54) is 13.2 Å². The van der Waals surface area contributed by atoms with Crippen molar-refractivity contribution in [3.05, 3.63) is 46.2 Å². The van der Waals surface area contributed by atoms with Crippen LogP contribution in [-0.2, 0) is 0 Å². The normalized spacial score (nSPS) is 9.35. The number of rotatable bonds is 1. The van der Waals surface area contributed by atoms with E-state index in [4.69, 9.17) is 0 Å². The van der Waals surface area contributed by atoms with Crippen molar-refractivity contribution in [3.63, 3.8) is 0 Å². The first-order valence-corrected chi connectivity index (χ1v) is 5.56. The highest BCUT2D eigenvalue weighted by atomic mass is 16.2. The van der Waals surface area contributed by atoms with Crippen molar-refractivity contribution in [1.29, 1.82) is 0 Å². The number of fused-ring (bicyclic) bond motifs is 1. The molecule has 4 heteroatoms. The summed E-state index contributed by atoms with van der Waals surface area (Å²) in [5.74, 6) is -0.373. The Hall–Kier alpha value is -2.10. The van der Waals surface area contributed by atoms with Gasteiger partial charge in [-0.2, -0.15) is 0 Å². The summed E-state index contributed by atoms with van der Waals surface area (Å²) in [7, 11) is 1.50. The number of benzene rings is 1. The number of pyridine rings is 1. The largest absolute Gasteiger partial charge is 0.360 e. The summed E-state index contributed by atoms with van der Waals surface area (Å²) in [6.07, 6.45) is 1.43. The Balaban J connectivity index is 0.000000686. The first-order chi connectivity index (χ1) is 8.24. The van der Waals surface area contributed by atoms with Crippen LogP contribution in [0, 0.1) is 0 Å². The van der Waals surface area contributed by atoms with Crippen molar-refractivity contribution in [2.24, 2.45) is 0 Å². The van der Waals surface area contributed by atoms with E-state index in [-0.39, 0.29) is 16.9 Å². The van der Waals surface area contributed by atoms with Crippen molar-refractivity contribution in [2.75, 3.05) is 7.05 Å². The lowest BCUT2D eigenvalue weighted by Gasteiger charge is -2.01. The third-order valence-corrected chi connectivity index (χ3v) is 2.26. The summed E-state index contributed by atoms with van der Waals surface area (Å²) in [4.78, 5) is 26.1. The maximum absolute atomic E-state index is 11.8. The molecule has 0 bridgehead atoms. The van der Waals surface area contributed by atoms with Crippen LogP contribution < -0.4 is 10.7 Å². The topological polar surface area (TPSA) is 62.0 Å². The Morgan fingerprint density at radius 2 is 1.88 bits per heavy atom. The number of para-hydroxylation sites is 1. The van der Waals surface area contributed by atoms with E-state index in [0.717, 1.165) is 5.52 Å². The molecule has 17 heavy (non-hydrogen) atoms. The lowest BCUT2D eigenvalue weighted by Crippen LogP contribution is -2.25. The highest BCUT2D eigenvalue weighted by molar-refractivity contribution is 5.96. The Labute approximate surface area is 99.7 Å². The van der Waals surface area contributed by atoms with E-state index >= 15 is 0 Å². The zero-order valence-electron chi connectivity index (χ0n) is 10.2. The van der Waals surface area contributed by atoms with E-state index in [2.05, 4.69) is 10.3 Å². The van der Waals surface area contributed by atoms with Gasteiger partial charge in [-0.15, -0.1) is 0 Å². The monoisotopic (exact) mass is 232 g/mol. The number of nitrogens with one attached hydrogen (secondary N) is 2. The van der Waals surface area contributed by atoms with Gasteiger partial charge in [-0.25, -0.2) is 0 Å². The zero-order valence-corrected chi connectivity index (χ0v) is 10.2. The lowest BCUT2D eigenvalue weighted by molar-refractivity contribution is 0.0962. The van der Waals surface area contributed by atoms with Crippen LogP contribution in [0.4, 0.5) is 0 Å². The molecule has 0 fully saturated rings. The molecular formula is C13H16N2O2. The summed E-state index contributed by atoms with van der Waals surface area (Å²) >= 11 is 0. The maximum Gasteiger partial charge on any atom is 0.256 e. The van der Waals surface area contributed by atoms with Gasteiger partial charge in [0.1, 0.15) is 5.56 Å². The standard InChI is InChI=1S/C11H10N2O2.C2H6/c1-12-11(15)8-6-13-9-5-3-2-4-7(9)10(8)14;1-2/h2-6H,1H3,(H,12,15)(H,13,14);1-2H3. The van der Waals surface area contributed by atoms with Crippen LogP contribution in [-0.4, -0.2) is 17.9 Å². The van der Waals surface area contributed by atoms with Crippen LogP contribution >= 0.6 is 0 Å². The van der Waals surface area contributed by atoms with Gasteiger partial charge in [0.2, 0.25) is 5.43 Å². The van der Waals surface area contributed by atoms with Gasteiger partial charge in [0.05, 0.1) is 0 Å². The number of hydrogen-bond donors (Lipinski definition) is 2. The maximum atomic E-state index is 11.8. The summed E-state index contributed by atoms with van der Waals surface area (Å²) in [6, 6.07) is 7.09. The molecular weight excluding hydrogens is 216 g/mol. The smallest absolute Gasteiger partial charge is 0.256 e. The molecule has 0 saturated heterocycles. The molecule has 0 radical (unpaired) electrons. The van der Waals surface area contributed by atoms with E-state index in [0.29, 0.717) is 5.39 Å². The van der Waals surface area contributed by atoms with E-state index < -0.39 is 0 Å². The van der Waals surface area contributed by atoms with Crippen LogP contribution in [0.25, 0.3) is 10.9 Å². The number of carbonyl (C=O) groups is 1. The van der Waals surface area contributed by atoms with E-state index in [1.807, 2.05) is 19.9 Å². The van der Waals surface area contributed by atoms with E-state index in [9.17, 15) is 9.59 Å². The van der Waals surface area contributed by atoms with Gasteiger partial charge < -0.3 is 10.3 Å². The second-order valence-corrected chi connectivity index (χ2v) is 3.16. The lowest BCUT2D eigenvalue weighted by atomic mass is 10.1. The quantitative estimate of drug-likeness (QED) is 0.789. The molecule has 0 spiro atoms. The minimum absolute atomic E-state index is 0.135. The Morgan fingerprint density at radius 3 is 2.53 bits per heavy atom. The highest BCUT2D eigenvalue weighted by Gasteiger charge is 2.10. The van der Waals surface area contributed by atoms with Crippen LogP contribution in [0.3, 0.4) is 0 Å². The van der Waals surface area contributed by atoms with Gasteiger partial charge in [0.15, 0.2) is 0 Å². The molecule has 0 unspecified atom stereocenters. The number of amides is 1. The first-order valence-electron chi connectivity index (χ1n) is 5.56. The SMILES string of the molecule is CC.CNC(=O)c1c[nH]c2ccccc2c1=O. The molecule has 4 nitrogen and oxygen atoms in total. The molecule has 0 aliphatic rings. The second-order valence-electron chi connectivity index (χ2n) is 3.16. The molecule has 1 aromatic heterocycles. The summed E-state index contributed by atoms with van der Waals surface area (Å²) in [6.45, 7) is 4.00. The second kappa shape index (κ2) is 5.84. The van der Waals surface area contributed by atoms with Gasteiger partial charge in [0.25, 0.3) is 5.91 Å². The summed E-state index contributed by atoms with van der Waals surface area (Å²) in [5, 5.41) is 2.95. The first kappa shape index (κ1) is 13.0. The van der Waals surface area contributed by atoms with Crippen LogP contribution in [0.5, 0.6) is 0 Å². The van der Waals surface area contributed by atoms with Crippen molar-refractivity contribution < 1.29 is 4.79 Å². The van der Waals surface area contributed by atoms with Crippen molar-refractivity contribution in [2.45, 2.75) is 13.8 Å². The third-order valence-electron chi connectivity index (χ3n) is 2.26. The highest BCUT2D eigenvalue weighted by Crippen LogP contribution is 2.06. The predicted octanol–water partition coefficient (Wildman–Crippen LogP) is 1.91. The number of H-pyrrole nitrogens is 1. The fourth-order valence-corrected chi connectivity index (χ4v) is 1.47.